The van der Waals surface area contributed by atoms with Crippen molar-refractivity contribution in [1.29, 1.82) is 0 Å². The standard InChI is InChI=1S/C17H19NO/c1-19-17-10-6-5-9-14(17)12-18-16-11-15(16)13-7-3-2-4-8-13/h2-10,15-16,18H,11-12H2,1H3/t15-,16+/m1/s1. The highest BCUT2D eigenvalue weighted by atomic mass is 16.5. The zero-order valence-electron chi connectivity index (χ0n) is 11.2. The van der Waals surface area contributed by atoms with Gasteiger partial charge < -0.3 is 10.1 Å². The Morgan fingerprint density at radius 2 is 1.79 bits per heavy atom. The van der Waals surface area contributed by atoms with Crippen LogP contribution in [0.15, 0.2) is 54.6 Å². The van der Waals surface area contributed by atoms with Crippen LogP contribution < -0.4 is 10.1 Å². The predicted octanol–water partition coefficient (Wildman–Crippen LogP) is 3.34. The lowest BCUT2D eigenvalue weighted by Gasteiger charge is -2.09. The van der Waals surface area contributed by atoms with Gasteiger partial charge in [0.15, 0.2) is 0 Å². The Hall–Kier alpha value is -1.80. The number of para-hydroxylation sites is 1. The fraction of sp³-hybridized carbons (Fsp3) is 0.294. The molecule has 0 aromatic heterocycles. The van der Waals surface area contributed by atoms with Gasteiger partial charge in [-0.1, -0.05) is 48.5 Å². The molecule has 2 aromatic carbocycles. The Labute approximate surface area is 114 Å². The number of hydrogen-bond acceptors (Lipinski definition) is 2. The molecule has 1 saturated carbocycles. The van der Waals surface area contributed by atoms with Crippen LogP contribution >= 0.6 is 0 Å². The Kier molecular flexibility index (Phi) is 3.51. The average Bonchev–Trinajstić information content (AvgIpc) is 3.26. The summed E-state index contributed by atoms with van der Waals surface area (Å²) in [6.07, 6.45) is 1.24. The van der Waals surface area contributed by atoms with E-state index in [0.29, 0.717) is 12.0 Å². The molecular formula is C17H19NO. The Morgan fingerprint density at radius 1 is 1.05 bits per heavy atom. The molecule has 0 bridgehead atoms. The monoisotopic (exact) mass is 253 g/mol. The van der Waals surface area contributed by atoms with Crippen LogP contribution in [0.4, 0.5) is 0 Å². The first kappa shape index (κ1) is 12.2. The maximum atomic E-state index is 5.37. The van der Waals surface area contributed by atoms with E-state index in [9.17, 15) is 0 Å². The van der Waals surface area contributed by atoms with Gasteiger partial charge in [0.1, 0.15) is 5.75 Å². The van der Waals surface area contributed by atoms with Crippen LogP contribution in [0, 0.1) is 0 Å². The van der Waals surface area contributed by atoms with Gasteiger partial charge in [0.2, 0.25) is 0 Å². The second kappa shape index (κ2) is 5.45. The van der Waals surface area contributed by atoms with Crippen molar-refractivity contribution >= 4 is 0 Å². The molecule has 0 unspecified atom stereocenters. The van der Waals surface area contributed by atoms with Crippen molar-refractivity contribution < 1.29 is 4.74 Å². The summed E-state index contributed by atoms with van der Waals surface area (Å²) in [5, 5.41) is 3.62. The first-order valence-electron chi connectivity index (χ1n) is 6.78. The minimum absolute atomic E-state index is 0.604. The summed E-state index contributed by atoms with van der Waals surface area (Å²) >= 11 is 0. The second-order valence-electron chi connectivity index (χ2n) is 5.05. The van der Waals surface area contributed by atoms with Crippen molar-refractivity contribution in [2.75, 3.05) is 7.11 Å². The molecule has 0 amide bonds. The van der Waals surface area contributed by atoms with E-state index in [4.69, 9.17) is 4.74 Å². The summed E-state index contributed by atoms with van der Waals surface area (Å²) in [5.74, 6) is 1.64. The number of ether oxygens (including phenoxy) is 1. The summed E-state index contributed by atoms with van der Waals surface area (Å²) in [4.78, 5) is 0. The van der Waals surface area contributed by atoms with Gasteiger partial charge in [-0.05, 0) is 18.1 Å². The molecule has 19 heavy (non-hydrogen) atoms. The van der Waals surface area contributed by atoms with Crippen LogP contribution in [0.1, 0.15) is 23.5 Å². The number of rotatable bonds is 5. The molecule has 0 heterocycles. The highest BCUT2D eigenvalue weighted by Gasteiger charge is 2.37. The number of hydrogen-bond donors (Lipinski definition) is 1. The molecule has 2 nitrogen and oxygen atoms in total. The van der Waals surface area contributed by atoms with Crippen molar-refractivity contribution in [3.63, 3.8) is 0 Å². The van der Waals surface area contributed by atoms with Crippen LogP contribution in [-0.2, 0) is 6.54 Å². The van der Waals surface area contributed by atoms with E-state index in [1.54, 1.807) is 7.11 Å². The van der Waals surface area contributed by atoms with Crippen molar-refractivity contribution in [1.82, 2.24) is 5.32 Å². The van der Waals surface area contributed by atoms with Crippen LogP contribution in [-0.4, -0.2) is 13.2 Å². The highest BCUT2D eigenvalue weighted by molar-refractivity contribution is 5.34. The lowest BCUT2D eigenvalue weighted by molar-refractivity contribution is 0.407. The van der Waals surface area contributed by atoms with Gasteiger partial charge >= 0.3 is 0 Å². The molecule has 0 spiro atoms. The van der Waals surface area contributed by atoms with Crippen LogP contribution in [0.3, 0.4) is 0 Å². The van der Waals surface area contributed by atoms with Crippen LogP contribution in [0.25, 0.3) is 0 Å². The van der Waals surface area contributed by atoms with Crippen molar-refractivity contribution in [2.24, 2.45) is 0 Å². The average molecular weight is 253 g/mol. The lowest BCUT2D eigenvalue weighted by Crippen LogP contribution is -2.17. The summed E-state index contributed by atoms with van der Waals surface area (Å²) in [5.41, 5.74) is 2.67. The van der Waals surface area contributed by atoms with E-state index in [-0.39, 0.29) is 0 Å². The minimum Gasteiger partial charge on any atom is -0.496 e. The van der Waals surface area contributed by atoms with Gasteiger partial charge in [-0.25, -0.2) is 0 Å². The van der Waals surface area contributed by atoms with E-state index < -0.39 is 0 Å². The molecule has 0 saturated heterocycles. The zero-order chi connectivity index (χ0) is 13.1. The van der Waals surface area contributed by atoms with E-state index in [0.717, 1.165) is 12.3 Å². The number of nitrogens with one attached hydrogen (secondary N) is 1. The van der Waals surface area contributed by atoms with Gasteiger partial charge in [-0.15, -0.1) is 0 Å². The normalized spacial score (nSPS) is 21.1. The quantitative estimate of drug-likeness (QED) is 0.882. The molecule has 1 fully saturated rings. The van der Waals surface area contributed by atoms with Crippen molar-refractivity contribution in [3.8, 4) is 5.75 Å². The molecule has 0 radical (unpaired) electrons. The maximum Gasteiger partial charge on any atom is 0.123 e. The fourth-order valence-electron chi connectivity index (χ4n) is 2.58. The van der Waals surface area contributed by atoms with E-state index >= 15 is 0 Å². The van der Waals surface area contributed by atoms with Crippen molar-refractivity contribution in [2.45, 2.75) is 24.9 Å². The molecule has 0 aliphatic heterocycles. The molecule has 1 aliphatic carbocycles. The molecule has 98 valence electrons. The summed E-state index contributed by atoms with van der Waals surface area (Å²) in [6, 6.07) is 19.5. The number of methoxy groups -OCH3 is 1. The smallest absolute Gasteiger partial charge is 0.123 e. The van der Waals surface area contributed by atoms with Gasteiger partial charge in [-0.2, -0.15) is 0 Å². The molecule has 2 atom stereocenters. The second-order valence-corrected chi connectivity index (χ2v) is 5.05. The molecule has 1 N–H and O–H groups in total. The molecule has 3 rings (SSSR count). The topological polar surface area (TPSA) is 21.3 Å². The van der Waals surface area contributed by atoms with Gasteiger partial charge in [0.05, 0.1) is 7.11 Å². The molecule has 2 heteroatoms. The van der Waals surface area contributed by atoms with Crippen LogP contribution in [0.2, 0.25) is 0 Å². The summed E-state index contributed by atoms with van der Waals surface area (Å²) in [6.45, 7) is 0.873. The van der Waals surface area contributed by atoms with Crippen molar-refractivity contribution in [3.05, 3.63) is 65.7 Å². The Balaban J connectivity index is 1.57. The van der Waals surface area contributed by atoms with Crippen LogP contribution in [0.5, 0.6) is 5.75 Å². The minimum atomic E-state index is 0.604. The van der Waals surface area contributed by atoms with Gasteiger partial charge in [-0.3, -0.25) is 0 Å². The SMILES string of the molecule is COc1ccccc1CN[C@H]1C[C@@H]1c1ccccc1. The first-order valence-corrected chi connectivity index (χ1v) is 6.78. The molecule has 1 aliphatic rings. The maximum absolute atomic E-state index is 5.37. The Morgan fingerprint density at radius 3 is 2.58 bits per heavy atom. The third kappa shape index (κ3) is 2.79. The van der Waals surface area contributed by atoms with E-state index in [2.05, 4.69) is 47.8 Å². The largest absolute Gasteiger partial charge is 0.496 e. The van der Waals surface area contributed by atoms with E-state index in [1.807, 2.05) is 12.1 Å². The first-order chi connectivity index (χ1) is 9.38. The highest BCUT2D eigenvalue weighted by Crippen LogP contribution is 2.40. The van der Waals surface area contributed by atoms with Gasteiger partial charge in [0, 0.05) is 24.1 Å². The van der Waals surface area contributed by atoms with E-state index in [1.165, 1.54) is 17.5 Å². The number of benzene rings is 2. The zero-order valence-corrected chi connectivity index (χ0v) is 11.2. The summed E-state index contributed by atoms with van der Waals surface area (Å²) < 4.78 is 5.37. The Bertz CT molecular complexity index is 538. The summed E-state index contributed by atoms with van der Waals surface area (Å²) in [7, 11) is 1.72. The van der Waals surface area contributed by atoms with Gasteiger partial charge in [0.25, 0.3) is 0 Å². The third-order valence-corrected chi connectivity index (χ3v) is 3.77. The fourth-order valence-corrected chi connectivity index (χ4v) is 2.58. The predicted molar refractivity (Wildman–Crippen MR) is 77.4 cm³/mol. The lowest BCUT2D eigenvalue weighted by atomic mass is 10.1. The third-order valence-electron chi connectivity index (χ3n) is 3.77. The molecule has 2 aromatic rings. The molecular weight excluding hydrogens is 234 g/mol.